The molecule has 0 bridgehead atoms. The third-order valence-corrected chi connectivity index (χ3v) is 4.61. The molecule has 1 saturated heterocycles. The van der Waals surface area contributed by atoms with Crippen molar-refractivity contribution in [3.05, 3.63) is 64.1 Å². The summed E-state index contributed by atoms with van der Waals surface area (Å²) >= 11 is 3.30. The molecule has 2 aromatic rings. The highest BCUT2D eigenvalue weighted by Gasteiger charge is 2.39. The second-order valence-corrected chi connectivity index (χ2v) is 6.59. The van der Waals surface area contributed by atoms with Gasteiger partial charge in [-0.1, -0.05) is 29.8 Å². The summed E-state index contributed by atoms with van der Waals surface area (Å²) in [5.41, 5.74) is 7.16. The highest BCUT2D eigenvalue weighted by molar-refractivity contribution is 9.10. The third-order valence-electron chi connectivity index (χ3n) is 3.92. The Labute approximate surface area is 153 Å². The summed E-state index contributed by atoms with van der Waals surface area (Å²) in [4.78, 5) is 38.0. The van der Waals surface area contributed by atoms with E-state index in [1.54, 1.807) is 36.4 Å². The number of nitrogens with one attached hydrogen (secondary N) is 2. The fourth-order valence-electron chi connectivity index (χ4n) is 2.58. The molecule has 25 heavy (non-hydrogen) atoms. The van der Waals surface area contributed by atoms with E-state index < -0.39 is 6.04 Å². The number of rotatable bonds is 4. The van der Waals surface area contributed by atoms with Gasteiger partial charge in [0.05, 0.1) is 17.7 Å². The van der Waals surface area contributed by atoms with Crippen LogP contribution >= 0.6 is 15.9 Å². The number of amides is 3. The van der Waals surface area contributed by atoms with Crippen LogP contribution in [-0.2, 0) is 9.59 Å². The van der Waals surface area contributed by atoms with Gasteiger partial charge in [-0.3, -0.25) is 19.8 Å². The van der Waals surface area contributed by atoms with E-state index in [0.717, 1.165) is 10.5 Å². The zero-order valence-corrected chi connectivity index (χ0v) is 15.0. The first-order chi connectivity index (χ1) is 12.0. The van der Waals surface area contributed by atoms with Crippen LogP contribution in [0.3, 0.4) is 0 Å². The van der Waals surface area contributed by atoms with Crippen LogP contribution in [-0.4, -0.2) is 23.8 Å². The van der Waals surface area contributed by atoms with Crippen LogP contribution in [0.1, 0.15) is 22.3 Å². The number of hydrogen-bond donors (Lipinski definition) is 2. The van der Waals surface area contributed by atoms with E-state index in [9.17, 15) is 14.4 Å². The molecule has 1 atom stereocenters. The van der Waals surface area contributed by atoms with Gasteiger partial charge in [-0.2, -0.15) is 0 Å². The van der Waals surface area contributed by atoms with E-state index in [1.165, 1.54) is 0 Å². The summed E-state index contributed by atoms with van der Waals surface area (Å²) in [7, 11) is 0. The average molecular weight is 402 g/mol. The number of aryl methyl sites for hydroxylation is 1. The molecule has 2 aromatic carbocycles. The summed E-state index contributed by atoms with van der Waals surface area (Å²) in [5.74, 6) is -1.08. The fourth-order valence-corrected chi connectivity index (χ4v) is 3.04. The molecule has 0 aromatic heterocycles. The maximum absolute atomic E-state index is 12.5. The first-order valence-electron chi connectivity index (χ1n) is 7.71. The minimum Gasteiger partial charge on any atom is -0.287 e. The molecule has 0 radical (unpaired) electrons. The summed E-state index contributed by atoms with van der Waals surface area (Å²) in [6.45, 7) is 1.93. The molecular weight excluding hydrogens is 386 g/mol. The van der Waals surface area contributed by atoms with Crippen LogP contribution in [0.4, 0.5) is 5.69 Å². The Morgan fingerprint density at radius 3 is 2.48 bits per heavy atom. The molecule has 6 nitrogen and oxygen atoms in total. The van der Waals surface area contributed by atoms with Crippen LogP contribution in [0, 0.1) is 6.92 Å². The molecule has 1 aliphatic heterocycles. The standard InChI is InChI=1S/C18H16BrN3O3/c1-11-6-8-12(9-7-11)22-16(23)10-15(18(22)25)20-21-17(24)13-4-2-3-5-14(13)19/h2-9,15,20H,10H2,1H3,(H,21,24)/t15-/m0/s1. The lowest BCUT2D eigenvalue weighted by Crippen LogP contribution is -2.48. The summed E-state index contributed by atoms with van der Waals surface area (Å²) in [5, 5.41) is 0. The number of imide groups is 1. The van der Waals surface area contributed by atoms with E-state index in [-0.39, 0.29) is 24.1 Å². The minimum absolute atomic E-state index is 0.0110. The highest BCUT2D eigenvalue weighted by Crippen LogP contribution is 2.23. The van der Waals surface area contributed by atoms with E-state index in [4.69, 9.17) is 0 Å². The van der Waals surface area contributed by atoms with E-state index >= 15 is 0 Å². The number of anilines is 1. The van der Waals surface area contributed by atoms with Gasteiger partial charge in [0.1, 0.15) is 6.04 Å². The van der Waals surface area contributed by atoms with E-state index in [1.807, 2.05) is 19.1 Å². The van der Waals surface area contributed by atoms with Gasteiger partial charge in [0.25, 0.3) is 11.8 Å². The lowest BCUT2D eigenvalue weighted by atomic mass is 10.2. The lowest BCUT2D eigenvalue weighted by Gasteiger charge is -2.16. The summed E-state index contributed by atoms with van der Waals surface area (Å²) in [6, 6.07) is 13.3. The number of hydrogen-bond acceptors (Lipinski definition) is 4. The molecule has 7 heteroatoms. The van der Waals surface area contributed by atoms with Crippen molar-refractivity contribution in [1.82, 2.24) is 10.9 Å². The molecule has 3 amide bonds. The molecular formula is C18H16BrN3O3. The van der Waals surface area contributed by atoms with Gasteiger partial charge in [0.2, 0.25) is 5.91 Å². The van der Waals surface area contributed by atoms with Crippen molar-refractivity contribution in [3.8, 4) is 0 Å². The molecule has 3 rings (SSSR count). The van der Waals surface area contributed by atoms with Gasteiger partial charge >= 0.3 is 0 Å². The molecule has 1 heterocycles. The monoisotopic (exact) mass is 401 g/mol. The number of carbonyl (C=O) groups is 3. The third kappa shape index (κ3) is 3.62. The predicted octanol–water partition coefficient (Wildman–Crippen LogP) is 2.32. The Balaban J connectivity index is 1.67. The molecule has 0 unspecified atom stereocenters. The first-order valence-corrected chi connectivity index (χ1v) is 8.50. The van der Waals surface area contributed by atoms with Crippen LogP contribution in [0.5, 0.6) is 0 Å². The number of hydrazine groups is 1. The van der Waals surface area contributed by atoms with Gasteiger partial charge in [0, 0.05) is 4.47 Å². The van der Waals surface area contributed by atoms with Crippen LogP contribution in [0.2, 0.25) is 0 Å². The van der Waals surface area contributed by atoms with Gasteiger partial charge in [-0.25, -0.2) is 10.3 Å². The van der Waals surface area contributed by atoms with Crippen molar-refractivity contribution < 1.29 is 14.4 Å². The molecule has 128 valence electrons. The van der Waals surface area contributed by atoms with Gasteiger partial charge in [-0.05, 0) is 47.1 Å². The van der Waals surface area contributed by atoms with E-state index in [0.29, 0.717) is 15.7 Å². The summed E-state index contributed by atoms with van der Waals surface area (Å²) < 4.78 is 0.643. The Morgan fingerprint density at radius 2 is 1.80 bits per heavy atom. The smallest absolute Gasteiger partial charge is 0.266 e. The van der Waals surface area contributed by atoms with Crippen molar-refractivity contribution in [2.45, 2.75) is 19.4 Å². The van der Waals surface area contributed by atoms with Crippen molar-refractivity contribution >= 4 is 39.3 Å². The maximum atomic E-state index is 12.5. The quantitative estimate of drug-likeness (QED) is 0.608. The van der Waals surface area contributed by atoms with Crippen LogP contribution < -0.4 is 15.8 Å². The fraction of sp³-hybridized carbons (Fsp3) is 0.167. The average Bonchev–Trinajstić information content (AvgIpc) is 2.88. The Hall–Kier alpha value is -2.51. The zero-order chi connectivity index (χ0) is 18.0. The first kappa shape index (κ1) is 17.3. The van der Waals surface area contributed by atoms with Crippen molar-refractivity contribution in [3.63, 3.8) is 0 Å². The van der Waals surface area contributed by atoms with Crippen molar-refractivity contribution in [2.75, 3.05) is 4.90 Å². The molecule has 1 aliphatic rings. The second kappa shape index (κ2) is 7.16. The van der Waals surface area contributed by atoms with Crippen LogP contribution in [0.15, 0.2) is 53.0 Å². The second-order valence-electron chi connectivity index (χ2n) is 5.74. The SMILES string of the molecule is Cc1ccc(N2C(=O)C[C@H](NNC(=O)c3ccccc3Br)C2=O)cc1. The highest BCUT2D eigenvalue weighted by atomic mass is 79.9. The zero-order valence-electron chi connectivity index (χ0n) is 13.5. The maximum Gasteiger partial charge on any atom is 0.266 e. The number of halogens is 1. The Morgan fingerprint density at radius 1 is 1.12 bits per heavy atom. The molecule has 0 spiro atoms. The van der Waals surface area contributed by atoms with Gasteiger partial charge in [0.15, 0.2) is 0 Å². The van der Waals surface area contributed by atoms with Gasteiger partial charge < -0.3 is 0 Å². The molecule has 0 saturated carbocycles. The molecule has 1 fully saturated rings. The molecule has 0 aliphatic carbocycles. The Bertz CT molecular complexity index is 836. The number of benzene rings is 2. The van der Waals surface area contributed by atoms with Crippen molar-refractivity contribution in [1.29, 1.82) is 0 Å². The molecule has 2 N–H and O–H groups in total. The van der Waals surface area contributed by atoms with Gasteiger partial charge in [-0.15, -0.1) is 0 Å². The number of nitrogens with zero attached hydrogens (tertiary/aromatic N) is 1. The minimum atomic E-state index is -0.791. The number of carbonyl (C=O) groups excluding carboxylic acids is 3. The topological polar surface area (TPSA) is 78.5 Å². The largest absolute Gasteiger partial charge is 0.287 e. The Kier molecular flexibility index (Phi) is 4.96. The normalized spacial score (nSPS) is 17.0. The lowest BCUT2D eigenvalue weighted by molar-refractivity contribution is -0.121. The predicted molar refractivity (Wildman–Crippen MR) is 96.8 cm³/mol. The van der Waals surface area contributed by atoms with Crippen LogP contribution in [0.25, 0.3) is 0 Å². The van der Waals surface area contributed by atoms with Crippen molar-refractivity contribution in [2.24, 2.45) is 0 Å². The van der Waals surface area contributed by atoms with E-state index in [2.05, 4.69) is 26.8 Å². The summed E-state index contributed by atoms with van der Waals surface area (Å²) in [6.07, 6.45) is -0.0110.